The molecule has 0 atom stereocenters. The van der Waals surface area contributed by atoms with Crippen LogP contribution in [0, 0.1) is 0 Å². The predicted molar refractivity (Wildman–Crippen MR) is 91.2 cm³/mol. The second-order valence-corrected chi connectivity index (χ2v) is 5.58. The van der Waals surface area contributed by atoms with E-state index in [0.717, 1.165) is 45.4 Å². The normalized spacial score (nSPS) is 15.4. The zero-order chi connectivity index (χ0) is 14.9. The van der Waals surface area contributed by atoms with Crippen molar-refractivity contribution < 1.29 is 9.53 Å². The summed E-state index contributed by atoms with van der Waals surface area (Å²) in [5.41, 5.74) is 6.68. The molecule has 0 unspecified atom stereocenters. The molecule has 124 valence electrons. The number of carbonyl (C=O) groups is 1. The maximum Gasteiger partial charge on any atom is 0.222 e. The van der Waals surface area contributed by atoms with Crippen molar-refractivity contribution in [2.24, 2.45) is 5.73 Å². The summed E-state index contributed by atoms with van der Waals surface area (Å²) in [6, 6.07) is 10.2. The number of ether oxygens (including phenoxy) is 1. The molecule has 1 aliphatic rings. The van der Waals surface area contributed by atoms with Crippen LogP contribution < -0.4 is 5.73 Å². The predicted octanol–water partition coefficient (Wildman–Crippen LogP) is 2.40. The smallest absolute Gasteiger partial charge is 0.222 e. The minimum absolute atomic E-state index is 0. The van der Waals surface area contributed by atoms with Crippen molar-refractivity contribution in [2.45, 2.75) is 38.2 Å². The van der Waals surface area contributed by atoms with Gasteiger partial charge in [-0.3, -0.25) is 4.79 Å². The van der Waals surface area contributed by atoms with Gasteiger partial charge in [0, 0.05) is 26.1 Å². The van der Waals surface area contributed by atoms with Gasteiger partial charge in [0.1, 0.15) is 0 Å². The average Bonchev–Trinajstić information content (AvgIpc) is 2.54. The van der Waals surface area contributed by atoms with Gasteiger partial charge in [-0.1, -0.05) is 30.3 Å². The molecule has 0 aromatic heterocycles. The molecule has 4 nitrogen and oxygen atoms in total. The van der Waals surface area contributed by atoms with E-state index in [2.05, 4.69) is 12.1 Å². The van der Waals surface area contributed by atoms with Crippen molar-refractivity contribution in [2.75, 3.05) is 26.2 Å². The molecule has 22 heavy (non-hydrogen) atoms. The number of carbonyl (C=O) groups excluding carboxylic acids is 1. The van der Waals surface area contributed by atoms with Gasteiger partial charge in [-0.15, -0.1) is 12.4 Å². The second-order valence-electron chi connectivity index (χ2n) is 5.58. The van der Waals surface area contributed by atoms with Crippen LogP contribution in [0.2, 0.25) is 0 Å². The maximum absolute atomic E-state index is 12.2. The van der Waals surface area contributed by atoms with E-state index in [-0.39, 0.29) is 18.3 Å². The summed E-state index contributed by atoms with van der Waals surface area (Å²) in [5, 5.41) is 0. The molecule has 0 saturated carbocycles. The molecule has 1 fully saturated rings. The van der Waals surface area contributed by atoms with E-state index in [1.165, 1.54) is 5.56 Å². The minimum atomic E-state index is 0. The van der Waals surface area contributed by atoms with Gasteiger partial charge in [-0.2, -0.15) is 0 Å². The molecule has 1 saturated heterocycles. The average molecular weight is 327 g/mol. The van der Waals surface area contributed by atoms with E-state index in [1.54, 1.807) is 0 Å². The van der Waals surface area contributed by atoms with Crippen molar-refractivity contribution >= 4 is 18.3 Å². The molecule has 0 bridgehead atoms. The number of piperidine rings is 1. The van der Waals surface area contributed by atoms with Crippen LogP contribution >= 0.6 is 12.4 Å². The third-order valence-corrected chi connectivity index (χ3v) is 3.97. The topological polar surface area (TPSA) is 55.6 Å². The number of hydrogen-bond acceptors (Lipinski definition) is 3. The van der Waals surface area contributed by atoms with E-state index < -0.39 is 0 Å². The first-order chi connectivity index (χ1) is 10.3. The molecule has 0 spiro atoms. The molecular weight excluding hydrogens is 300 g/mol. The number of rotatable bonds is 7. The Balaban J connectivity index is 0.00000242. The van der Waals surface area contributed by atoms with Crippen molar-refractivity contribution in [3.05, 3.63) is 35.9 Å². The van der Waals surface area contributed by atoms with Gasteiger partial charge in [0.05, 0.1) is 6.10 Å². The van der Waals surface area contributed by atoms with Crippen molar-refractivity contribution in [3.8, 4) is 0 Å². The van der Waals surface area contributed by atoms with Gasteiger partial charge in [0.25, 0.3) is 0 Å². The molecule has 1 heterocycles. The van der Waals surface area contributed by atoms with Crippen LogP contribution in [0.1, 0.15) is 31.2 Å². The Kier molecular flexibility index (Phi) is 9.13. The lowest BCUT2D eigenvalue weighted by atomic mass is 10.1. The fourth-order valence-corrected chi connectivity index (χ4v) is 2.66. The van der Waals surface area contributed by atoms with Crippen LogP contribution in [0.3, 0.4) is 0 Å². The molecule has 0 aliphatic carbocycles. The van der Waals surface area contributed by atoms with Crippen molar-refractivity contribution in [1.29, 1.82) is 0 Å². The standard InChI is InChI=1S/C17H26N2O2.ClH/c18-11-4-14-21-16-9-12-19(13-10-16)17(20)8-7-15-5-2-1-3-6-15;/h1-3,5-6,16H,4,7-14,18H2;1H. The van der Waals surface area contributed by atoms with Gasteiger partial charge in [-0.05, 0) is 37.8 Å². The van der Waals surface area contributed by atoms with Gasteiger partial charge >= 0.3 is 0 Å². The van der Waals surface area contributed by atoms with Crippen LogP contribution in [0.4, 0.5) is 0 Å². The van der Waals surface area contributed by atoms with Crippen LogP contribution in [-0.2, 0) is 16.0 Å². The second kappa shape index (κ2) is 10.6. The highest BCUT2D eigenvalue weighted by Crippen LogP contribution is 2.15. The highest BCUT2D eigenvalue weighted by Gasteiger charge is 2.22. The van der Waals surface area contributed by atoms with Gasteiger partial charge in [0.15, 0.2) is 0 Å². The Bertz CT molecular complexity index is 420. The molecule has 0 radical (unpaired) electrons. The summed E-state index contributed by atoms with van der Waals surface area (Å²) in [5.74, 6) is 0.263. The quantitative estimate of drug-likeness (QED) is 0.783. The Morgan fingerprint density at radius 1 is 1.23 bits per heavy atom. The van der Waals surface area contributed by atoms with E-state index in [1.807, 2.05) is 23.1 Å². The van der Waals surface area contributed by atoms with Gasteiger partial charge in [-0.25, -0.2) is 0 Å². The number of halogens is 1. The number of likely N-dealkylation sites (tertiary alicyclic amines) is 1. The minimum Gasteiger partial charge on any atom is -0.378 e. The monoisotopic (exact) mass is 326 g/mol. The Morgan fingerprint density at radius 3 is 2.55 bits per heavy atom. The van der Waals surface area contributed by atoms with Gasteiger partial charge in [0.2, 0.25) is 5.91 Å². The molecule has 1 aromatic rings. The number of nitrogens with zero attached hydrogens (tertiary/aromatic N) is 1. The summed E-state index contributed by atoms with van der Waals surface area (Å²) < 4.78 is 5.76. The summed E-state index contributed by atoms with van der Waals surface area (Å²) in [6.07, 6.45) is 4.53. The summed E-state index contributed by atoms with van der Waals surface area (Å²) in [7, 11) is 0. The first kappa shape index (κ1) is 18.9. The maximum atomic E-state index is 12.2. The molecule has 1 aliphatic heterocycles. The lowest BCUT2D eigenvalue weighted by molar-refractivity contribution is -0.133. The van der Waals surface area contributed by atoms with Crippen LogP contribution in [-0.4, -0.2) is 43.2 Å². The lowest BCUT2D eigenvalue weighted by Gasteiger charge is -2.32. The highest BCUT2D eigenvalue weighted by atomic mass is 35.5. The Morgan fingerprint density at radius 2 is 1.91 bits per heavy atom. The summed E-state index contributed by atoms with van der Waals surface area (Å²) in [4.78, 5) is 14.2. The summed E-state index contributed by atoms with van der Waals surface area (Å²) in [6.45, 7) is 3.06. The highest BCUT2D eigenvalue weighted by molar-refractivity contribution is 5.85. The number of hydrogen-bond donors (Lipinski definition) is 1. The van der Waals surface area contributed by atoms with Gasteiger partial charge < -0.3 is 15.4 Å². The Labute approximate surface area is 139 Å². The number of aryl methyl sites for hydroxylation is 1. The van der Waals surface area contributed by atoms with E-state index in [9.17, 15) is 4.79 Å². The molecule has 2 N–H and O–H groups in total. The third kappa shape index (κ3) is 6.34. The van der Waals surface area contributed by atoms with Crippen molar-refractivity contribution in [1.82, 2.24) is 4.90 Å². The first-order valence-corrected chi connectivity index (χ1v) is 7.93. The first-order valence-electron chi connectivity index (χ1n) is 7.93. The molecule has 1 aromatic carbocycles. The third-order valence-electron chi connectivity index (χ3n) is 3.97. The zero-order valence-corrected chi connectivity index (χ0v) is 13.9. The van der Waals surface area contributed by atoms with Crippen molar-refractivity contribution in [3.63, 3.8) is 0 Å². The summed E-state index contributed by atoms with van der Waals surface area (Å²) >= 11 is 0. The number of benzene rings is 1. The molecule has 5 heteroatoms. The van der Waals surface area contributed by atoms with Crippen LogP contribution in [0.25, 0.3) is 0 Å². The molecular formula is C17H27ClN2O2. The largest absolute Gasteiger partial charge is 0.378 e. The van der Waals surface area contributed by atoms with Crippen LogP contribution in [0.5, 0.6) is 0 Å². The lowest BCUT2D eigenvalue weighted by Crippen LogP contribution is -2.41. The fraction of sp³-hybridized carbons (Fsp3) is 0.588. The van der Waals surface area contributed by atoms with E-state index in [4.69, 9.17) is 10.5 Å². The van der Waals surface area contributed by atoms with Crippen LogP contribution in [0.15, 0.2) is 30.3 Å². The molecule has 1 amide bonds. The SMILES string of the molecule is Cl.NCCCOC1CCN(C(=O)CCc2ccccc2)CC1. The fourth-order valence-electron chi connectivity index (χ4n) is 2.66. The number of amides is 1. The van der Waals surface area contributed by atoms with E-state index >= 15 is 0 Å². The molecule has 2 rings (SSSR count). The number of nitrogens with two attached hydrogens (primary N) is 1. The van der Waals surface area contributed by atoms with E-state index in [0.29, 0.717) is 19.1 Å². The Hall–Kier alpha value is -1.10. The zero-order valence-electron chi connectivity index (χ0n) is 13.1.